The van der Waals surface area contributed by atoms with E-state index in [1.807, 2.05) is 6.07 Å². The Kier molecular flexibility index (Phi) is 6.90. The predicted molar refractivity (Wildman–Crippen MR) is 82.6 cm³/mol. The van der Waals surface area contributed by atoms with Crippen LogP contribution in [0.1, 0.15) is 38.8 Å². The van der Waals surface area contributed by atoms with Crippen LogP contribution in [0.25, 0.3) is 0 Å². The molecule has 2 N–H and O–H groups in total. The molecule has 0 aliphatic carbocycles. The van der Waals surface area contributed by atoms with Gasteiger partial charge in [-0.1, -0.05) is 61.3 Å². The summed E-state index contributed by atoms with van der Waals surface area (Å²) in [5.41, 5.74) is 7.30. The van der Waals surface area contributed by atoms with Crippen molar-refractivity contribution < 1.29 is 0 Å². The lowest BCUT2D eigenvalue weighted by Crippen LogP contribution is -2.36. The molecular weight excluding hydrogens is 288 g/mol. The number of likely N-dealkylation sites (N-methyl/N-ethyl adjacent to an activating group) is 1. The molecule has 1 rings (SSSR count). The summed E-state index contributed by atoms with van der Waals surface area (Å²) in [5.74, 6) is 0.710. The zero-order valence-corrected chi connectivity index (χ0v) is 13.3. The Labute approximate surface area is 120 Å². The highest BCUT2D eigenvalue weighted by Crippen LogP contribution is 2.27. The second kappa shape index (κ2) is 7.93. The Morgan fingerprint density at radius 3 is 2.44 bits per heavy atom. The van der Waals surface area contributed by atoms with Crippen LogP contribution in [0.15, 0.2) is 28.7 Å². The highest BCUT2D eigenvalue weighted by molar-refractivity contribution is 9.10. The van der Waals surface area contributed by atoms with Crippen LogP contribution in [0, 0.1) is 5.92 Å². The largest absolute Gasteiger partial charge is 0.329 e. The third-order valence-electron chi connectivity index (χ3n) is 3.58. The molecule has 2 unspecified atom stereocenters. The lowest BCUT2D eigenvalue weighted by molar-refractivity contribution is 0.182. The van der Waals surface area contributed by atoms with Crippen LogP contribution in [0.5, 0.6) is 0 Å². The molecule has 0 radical (unpaired) electrons. The third-order valence-corrected chi connectivity index (χ3v) is 4.30. The molecule has 1 aromatic carbocycles. The number of nitrogens with zero attached hydrogens (tertiary/aromatic N) is 1. The maximum atomic E-state index is 6.00. The van der Waals surface area contributed by atoms with E-state index in [0.29, 0.717) is 18.5 Å². The van der Waals surface area contributed by atoms with Gasteiger partial charge < -0.3 is 5.73 Å². The van der Waals surface area contributed by atoms with Crippen molar-refractivity contribution in [1.82, 2.24) is 4.90 Å². The molecule has 0 bridgehead atoms. The van der Waals surface area contributed by atoms with Gasteiger partial charge in [-0.05, 0) is 24.1 Å². The average molecular weight is 313 g/mol. The molecule has 1 aromatic rings. The molecule has 0 saturated carbocycles. The van der Waals surface area contributed by atoms with Crippen LogP contribution < -0.4 is 5.73 Å². The smallest absolute Gasteiger partial charge is 0.0481 e. The molecule has 0 saturated heterocycles. The van der Waals surface area contributed by atoms with Gasteiger partial charge in [0.05, 0.1) is 0 Å². The van der Waals surface area contributed by atoms with Crippen LogP contribution in [-0.2, 0) is 0 Å². The van der Waals surface area contributed by atoms with Gasteiger partial charge in [-0.25, -0.2) is 0 Å². The fourth-order valence-corrected chi connectivity index (χ4v) is 2.77. The van der Waals surface area contributed by atoms with Crippen LogP contribution >= 0.6 is 15.9 Å². The molecule has 102 valence electrons. The molecule has 0 aliphatic rings. The zero-order valence-electron chi connectivity index (χ0n) is 11.7. The lowest BCUT2D eigenvalue weighted by Gasteiger charge is -2.32. The highest BCUT2D eigenvalue weighted by Gasteiger charge is 2.20. The topological polar surface area (TPSA) is 29.3 Å². The normalized spacial score (nSPS) is 14.8. The minimum absolute atomic E-state index is 0.305. The van der Waals surface area contributed by atoms with E-state index < -0.39 is 0 Å². The Balaban J connectivity index is 2.89. The van der Waals surface area contributed by atoms with Gasteiger partial charge in [0.1, 0.15) is 0 Å². The van der Waals surface area contributed by atoms with E-state index in [1.54, 1.807) is 0 Å². The minimum atomic E-state index is 0.305. The SMILES string of the molecule is CCC(C)CN(CC)C(CN)c1ccccc1Br. The molecular formula is C15H25BrN2. The average Bonchev–Trinajstić information content (AvgIpc) is 2.40. The maximum absolute atomic E-state index is 6.00. The summed E-state index contributed by atoms with van der Waals surface area (Å²) in [6, 6.07) is 8.70. The second-order valence-electron chi connectivity index (χ2n) is 4.87. The molecule has 2 atom stereocenters. The first kappa shape index (κ1) is 15.7. The Bertz CT molecular complexity index is 354. The summed E-state index contributed by atoms with van der Waals surface area (Å²) in [5, 5.41) is 0. The molecule has 0 heterocycles. The monoisotopic (exact) mass is 312 g/mol. The Morgan fingerprint density at radius 2 is 1.94 bits per heavy atom. The number of hydrogen-bond donors (Lipinski definition) is 1. The molecule has 0 aliphatic heterocycles. The molecule has 0 spiro atoms. The van der Waals surface area contributed by atoms with Crippen LogP contribution in [-0.4, -0.2) is 24.5 Å². The van der Waals surface area contributed by atoms with Crippen molar-refractivity contribution in [3.05, 3.63) is 34.3 Å². The predicted octanol–water partition coefficient (Wildman–Crippen LogP) is 3.82. The maximum Gasteiger partial charge on any atom is 0.0481 e. The van der Waals surface area contributed by atoms with E-state index in [9.17, 15) is 0 Å². The molecule has 0 fully saturated rings. The summed E-state index contributed by atoms with van der Waals surface area (Å²) >= 11 is 3.64. The van der Waals surface area contributed by atoms with Crippen LogP contribution in [0.3, 0.4) is 0 Å². The van der Waals surface area contributed by atoms with Gasteiger partial charge in [-0.15, -0.1) is 0 Å². The van der Waals surface area contributed by atoms with Gasteiger partial charge in [0, 0.05) is 23.6 Å². The van der Waals surface area contributed by atoms with Crippen molar-refractivity contribution >= 4 is 15.9 Å². The Hall–Kier alpha value is -0.380. The fraction of sp³-hybridized carbons (Fsp3) is 0.600. The van der Waals surface area contributed by atoms with E-state index in [-0.39, 0.29) is 0 Å². The zero-order chi connectivity index (χ0) is 13.5. The Morgan fingerprint density at radius 1 is 1.28 bits per heavy atom. The minimum Gasteiger partial charge on any atom is -0.329 e. The number of hydrogen-bond acceptors (Lipinski definition) is 2. The lowest BCUT2D eigenvalue weighted by atomic mass is 10.0. The van der Waals surface area contributed by atoms with Crippen molar-refractivity contribution in [2.45, 2.75) is 33.2 Å². The quantitative estimate of drug-likeness (QED) is 0.829. The van der Waals surface area contributed by atoms with Gasteiger partial charge in [0.2, 0.25) is 0 Å². The fourth-order valence-electron chi connectivity index (χ4n) is 2.22. The molecule has 3 heteroatoms. The van der Waals surface area contributed by atoms with E-state index >= 15 is 0 Å². The first-order chi connectivity index (χ1) is 8.63. The summed E-state index contributed by atoms with van der Waals surface area (Å²) in [7, 11) is 0. The summed E-state index contributed by atoms with van der Waals surface area (Å²) in [6.45, 7) is 9.56. The summed E-state index contributed by atoms with van der Waals surface area (Å²) in [6.07, 6.45) is 1.21. The first-order valence-electron chi connectivity index (χ1n) is 6.82. The second-order valence-corrected chi connectivity index (χ2v) is 5.73. The van der Waals surface area contributed by atoms with Crippen molar-refractivity contribution in [2.24, 2.45) is 11.7 Å². The summed E-state index contributed by atoms with van der Waals surface area (Å²) < 4.78 is 1.16. The van der Waals surface area contributed by atoms with E-state index in [2.05, 4.69) is 59.8 Å². The number of nitrogens with two attached hydrogens (primary N) is 1. The first-order valence-corrected chi connectivity index (χ1v) is 7.61. The van der Waals surface area contributed by atoms with Crippen molar-refractivity contribution in [3.63, 3.8) is 0 Å². The van der Waals surface area contributed by atoms with Crippen LogP contribution in [0.4, 0.5) is 0 Å². The molecule has 0 amide bonds. The number of rotatable bonds is 7. The van der Waals surface area contributed by atoms with E-state index in [0.717, 1.165) is 17.6 Å². The van der Waals surface area contributed by atoms with E-state index in [1.165, 1.54) is 12.0 Å². The standard InChI is InChI=1S/C15H25BrN2/c1-4-12(3)11-18(5-2)15(10-17)13-8-6-7-9-14(13)16/h6-9,12,15H,4-5,10-11,17H2,1-3H3. The van der Waals surface area contributed by atoms with E-state index in [4.69, 9.17) is 5.73 Å². The highest BCUT2D eigenvalue weighted by atomic mass is 79.9. The van der Waals surface area contributed by atoms with Crippen molar-refractivity contribution in [2.75, 3.05) is 19.6 Å². The van der Waals surface area contributed by atoms with Gasteiger partial charge in [-0.2, -0.15) is 0 Å². The molecule has 0 aromatic heterocycles. The van der Waals surface area contributed by atoms with Crippen molar-refractivity contribution in [3.8, 4) is 0 Å². The number of benzene rings is 1. The van der Waals surface area contributed by atoms with Crippen LogP contribution in [0.2, 0.25) is 0 Å². The van der Waals surface area contributed by atoms with Gasteiger partial charge in [-0.3, -0.25) is 4.90 Å². The third kappa shape index (κ3) is 4.08. The molecule has 18 heavy (non-hydrogen) atoms. The summed E-state index contributed by atoms with van der Waals surface area (Å²) in [4.78, 5) is 2.48. The number of halogens is 1. The van der Waals surface area contributed by atoms with Gasteiger partial charge in [0.25, 0.3) is 0 Å². The van der Waals surface area contributed by atoms with Gasteiger partial charge >= 0.3 is 0 Å². The van der Waals surface area contributed by atoms with Crippen molar-refractivity contribution in [1.29, 1.82) is 0 Å². The molecule has 2 nitrogen and oxygen atoms in total. The van der Waals surface area contributed by atoms with Gasteiger partial charge in [0.15, 0.2) is 0 Å².